The zero-order valence-corrected chi connectivity index (χ0v) is 21.5. The molecule has 0 N–H and O–H groups in total. The Morgan fingerprint density at radius 3 is 1.81 bits per heavy atom. The standard InChI is InChI=1S/C17H34O2.C4H9.CH3O.Sn/c1-6-10-13-16(9-4,14-11-7-2)17(18,19-5)15-12-8-3;1-3-4-2;1-2;/h4,6-15H2,1-3,5H3;1,3-4H2,2H3;1H3;/q-1;;-1;+2. The van der Waals surface area contributed by atoms with Crippen LogP contribution in [0.15, 0.2) is 0 Å². The van der Waals surface area contributed by atoms with Crippen LogP contribution in [0.1, 0.15) is 105 Å². The Balaban J connectivity index is 3.24. The summed E-state index contributed by atoms with van der Waals surface area (Å²) in [4.78, 5) is 0. The summed E-state index contributed by atoms with van der Waals surface area (Å²) in [6.45, 7) is 9.15. The predicted octanol–water partition coefficient (Wildman–Crippen LogP) is 7.20. The van der Waals surface area contributed by atoms with Crippen LogP contribution in [0.25, 0.3) is 0 Å². The summed E-state index contributed by atoms with van der Waals surface area (Å²) in [7, 11) is 3.82. The van der Waals surface area contributed by atoms with E-state index in [4.69, 9.17) is 10.9 Å². The third-order valence-corrected chi connectivity index (χ3v) is 16.8. The summed E-state index contributed by atoms with van der Waals surface area (Å²) in [5.41, 5.74) is 0.175. The van der Waals surface area contributed by atoms with Gasteiger partial charge in [-0.3, -0.25) is 0 Å². The average Bonchev–Trinajstić information content (AvgIpc) is 2.68. The van der Waals surface area contributed by atoms with Crippen molar-refractivity contribution < 1.29 is 10.9 Å². The van der Waals surface area contributed by atoms with E-state index in [1.807, 2.05) is 14.2 Å². The molecule has 0 aromatic rings. The second kappa shape index (κ2) is 12.3. The normalized spacial score (nSPS) is 28.4. The maximum absolute atomic E-state index is 7.14. The van der Waals surface area contributed by atoms with E-state index in [1.165, 1.54) is 79.5 Å². The average molecular weight is 477 g/mol. The maximum atomic E-state index is 7.14. The monoisotopic (exact) mass is 478 g/mol. The summed E-state index contributed by atoms with van der Waals surface area (Å²) >= 11 is -3.05. The van der Waals surface area contributed by atoms with E-state index in [-0.39, 0.29) is 5.41 Å². The van der Waals surface area contributed by atoms with Gasteiger partial charge >= 0.3 is 169 Å². The van der Waals surface area contributed by atoms with Crippen molar-refractivity contribution in [2.24, 2.45) is 5.41 Å². The van der Waals surface area contributed by atoms with E-state index in [0.717, 1.165) is 6.42 Å². The first kappa shape index (κ1) is 24.7. The van der Waals surface area contributed by atoms with Gasteiger partial charge < -0.3 is 0 Å². The van der Waals surface area contributed by atoms with E-state index in [9.17, 15) is 0 Å². The Morgan fingerprint density at radius 1 is 0.808 bits per heavy atom. The molecule has 1 aliphatic heterocycles. The Morgan fingerprint density at radius 2 is 1.35 bits per heavy atom. The molecule has 1 saturated heterocycles. The minimum absolute atomic E-state index is 0.175. The summed E-state index contributed by atoms with van der Waals surface area (Å²) in [5.74, 6) is -0.411. The van der Waals surface area contributed by atoms with Crippen LogP contribution in [0.3, 0.4) is 0 Å². The molecule has 26 heavy (non-hydrogen) atoms. The van der Waals surface area contributed by atoms with Crippen molar-refractivity contribution in [1.82, 2.24) is 0 Å². The van der Waals surface area contributed by atoms with Gasteiger partial charge in [-0.25, -0.2) is 0 Å². The van der Waals surface area contributed by atoms with Crippen molar-refractivity contribution in [3.8, 4) is 0 Å². The molecule has 0 amide bonds. The quantitative estimate of drug-likeness (QED) is 0.248. The third kappa shape index (κ3) is 5.84. The van der Waals surface area contributed by atoms with E-state index >= 15 is 0 Å². The first-order valence-electron chi connectivity index (χ1n) is 11.3. The number of rotatable bonds is 14. The molecule has 3 nitrogen and oxygen atoms in total. The van der Waals surface area contributed by atoms with E-state index in [2.05, 4.69) is 27.7 Å². The molecule has 0 saturated carbocycles. The van der Waals surface area contributed by atoms with Gasteiger partial charge in [-0.05, 0) is 0 Å². The van der Waals surface area contributed by atoms with Crippen LogP contribution in [-0.4, -0.2) is 39.2 Å². The van der Waals surface area contributed by atoms with Crippen LogP contribution >= 0.6 is 0 Å². The van der Waals surface area contributed by atoms with Crippen molar-refractivity contribution >= 4 is 19.2 Å². The molecule has 1 rings (SSSR count). The van der Waals surface area contributed by atoms with Gasteiger partial charge in [0.15, 0.2) is 0 Å². The fraction of sp³-hybridized carbons (Fsp3) is 1.00. The summed E-state index contributed by atoms with van der Waals surface area (Å²) in [6, 6.07) is 0. The molecule has 4 heteroatoms. The molecule has 1 aliphatic rings. The fourth-order valence-electron chi connectivity index (χ4n) is 4.82. The molecule has 1 heterocycles. The van der Waals surface area contributed by atoms with Gasteiger partial charge in [0.2, 0.25) is 0 Å². The molecular formula is C22H46O3Sn. The van der Waals surface area contributed by atoms with Gasteiger partial charge in [0, 0.05) is 0 Å². The third-order valence-electron chi connectivity index (χ3n) is 6.63. The SMILES string of the molecule is CCCCC1(CCCC)C[CH2][Sn]([CH2]CCC)([O]C)[O]C1(CCCC)OC. The topological polar surface area (TPSA) is 27.7 Å². The molecule has 2 unspecified atom stereocenters. The van der Waals surface area contributed by atoms with E-state index < -0.39 is 25.0 Å². The van der Waals surface area contributed by atoms with Crippen molar-refractivity contribution in [3.05, 3.63) is 0 Å². The van der Waals surface area contributed by atoms with Crippen LogP contribution in [0.5, 0.6) is 0 Å². The van der Waals surface area contributed by atoms with Gasteiger partial charge in [-0.2, -0.15) is 0 Å². The second-order valence-corrected chi connectivity index (χ2v) is 18.2. The molecule has 0 aromatic carbocycles. The van der Waals surface area contributed by atoms with Gasteiger partial charge in [0.1, 0.15) is 0 Å². The molecule has 0 bridgehead atoms. The Labute approximate surface area is 168 Å². The van der Waals surface area contributed by atoms with Crippen molar-refractivity contribution in [2.75, 3.05) is 14.2 Å². The minimum atomic E-state index is -3.05. The van der Waals surface area contributed by atoms with Crippen molar-refractivity contribution in [2.45, 2.75) is 119 Å². The van der Waals surface area contributed by atoms with Crippen LogP contribution < -0.4 is 0 Å². The number of ether oxygens (including phenoxy) is 1. The summed E-state index contributed by atoms with van der Waals surface area (Å²) < 4.78 is 22.1. The zero-order chi connectivity index (χ0) is 19.5. The number of unbranched alkanes of at least 4 members (excludes halogenated alkanes) is 4. The molecule has 0 aliphatic carbocycles. The van der Waals surface area contributed by atoms with E-state index in [1.54, 1.807) is 0 Å². The van der Waals surface area contributed by atoms with Gasteiger partial charge in [0.25, 0.3) is 0 Å². The zero-order valence-electron chi connectivity index (χ0n) is 18.6. The molecule has 0 spiro atoms. The van der Waals surface area contributed by atoms with Gasteiger partial charge in [-0.1, -0.05) is 0 Å². The van der Waals surface area contributed by atoms with E-state index in [0.29, 0.717) is 0 Å². The summed E-state index contributed by atoms with van der Waals surface area (Å²) in [6.07, 6.45) is 14.6. The Hall–Kier alpha value is 0.679. The first-order chi connectivity index (χ1) is 12.5. The first-order valence-corrected chi connectivity index (χ1v) is 17.7. The van der Waals surface area contributed by atoms with Crippen LogP contribution in [0.2, 0.25) is 8.87 Å². The van der Waals surface area contributed by atoms with Gasteiger partial charge in [0.05, 0.1) is 0 Å². The van der Waals surface area contributed by atoms with Crippen LogP contribution in [-0.2, 0) is 10.9 Å². The number of hydrogen-bond acceptors (Lipinski definition) is 3. The predicted molar refractivity (Wildman–Crippen MR) is 114 cm³/mol. The van der Waals surface area contributed by atoms with Gasteiger partial charge in [-0.15, -0.1) is 0 Å². The second-order valence-electron chi connectivity index (χ2n) is 8.37. The Bertz CT molecular complexity index is 368. The Kier molecular flexibility index (Phi) is 11.7. The molecule has 0 radical (unpaired) electrons. The van der Waals surface area contributed by atoms with Crippen molar-refractivity contribution in [3.63, 3.8) is 0 Å². The van der Waals surface area contributed by atoms with Crippen LogP contribution in [0, 0.1) is 5.41 Å². The fourth-order valence-corrected chi connectivity index (χ4v) is 15.4. The van der Waals surface area contributed by atoms with Crippen LogP contribution in [0.4, 0.5) is 0 Å². The molecule has 156 valence electrons. The molecule has 1 fully saturated rings. The molecule has 2 atom stereocenters. The van der Waals surface area contributed by atoms with Crippen molar-refractivity contribution in [1.29, 1.82) is 0 Å². The number of hydrogen-bond donors (Lipinski definition) is 0. The number of methoxy groups -OCH3 is 1. The summed E-state index contributed by atoms with van der Waals surface area (Å²) in [5, 5.41) is 0. The molecule has 0 aromatic heterocycles. The molecular weight excluding hydrogens is 431 g/mol.